The minimum Gasteiger partial charge on any atom is -0.494 e. The zero-order chi connectivity index (χ0) is 21.2. The molecular formula is C25H21BrN4O. The lowest BCUT2D eigenvalue weighted by Crippen LogP contribution is -2.00. The number of aromatic nitrogens is 4. The van der Waals surface area contributed by atoms with Gasteiger partial charge in [-0.1, -0.05) is 53.5 Å². The highest BCUT2D eigenvalue weighted by molar-refractivity contribution is 9.10. The van der Waals surface area contributed by atoms with E-state index in [1.807, 2.05) is 66.7 Å². The summed E-state index contributed by atoms with van der Waals surface area (Å²) in [5.41, 5.74) is 4.98. The Bertz CT molecular complexity index is 1360. The zero-order valence-corrected chi connectivity index (χ0v) is 18.7. The number of para-hydroxylation sites is 2. The summed E-state index contributed by atoms with van der Waals surface area (Å²) >= 11 is 3.57. The molecule has 5 rings (SSSR count). The van der Waals surface area contributed by atoms with Gasteiger partial charge in [0.15, 0.2) is 11.3 Å². The van der Waals surface area contributed by atoms with Gasteiger partial charge in [-0.25, -0.2) is 15.0 Å². The van der Waals surface area contributed by atoms with Crippen molar-refractivity contribution in [2.75, 3.05) is 6.61 Å². The van der Waals surface area contributed by atoms with Gasteiger partial charge in [0.05, 0.1) is 17.6 Å². The number of hydrogen-bond donors (Lipinski definition) is 0. The standard InChI is InChI=1S/C25H21BrN4O/c1-2-3-15-31-20-13-11-19(12-14-20)30-24(17-7-6-8-18(26)16-17)29-23-25(30)28-22-10-5-4-9-21(22)27-23/h4-14,16H,2-3,15H2,1H3. The van der Waals surface area contributed by atoms with E-state index in [-0.39, 0.29) is 0 Å². The van der Waals surface area contributed by atoms with Gasteiger partial charge in [-0.3, -0.25) is 4.57 Å². The van der Waals surface area contributed by atoms with E-state index < -0.39 is 0 Å². The molecule has 0 aliphatic carbocycles. The fourth-order valence-electron chi connectivity index (χ4n) is 3.55. The predicted molar refractivity (Wildman–Crippen MR) is 128 cm³/mol. The second-order valence-corrected chi connectivity index (χ2v) is 8.25. The van der Waals surface area contributed by atoms with Gasteiger partial charge < -0.3 is 4.74 Å². The number of ether oxygens (including phenoxy) is 1. The Hall–Kier alpha value is -3.25. The minimum atomic E-state index is 0.622. The van der Waals surface area contributed by atoms with Crippen LogP contribution in [0.4, 0.5) is 0 Å². The van der Waals surface area contributed by atoms with E-state index in [1.165, 1.54) is 0 Å². The van der Waals surface area contributed by atoms with Gasteiger partial charge in [0.2, 0.25) is 0 Å². The summed E-state index contributed by atoms with van der Waals surface area (Å²) in [4.78, 5) is 14.5. The van der Waals surface area contributed by atoms with Crippen molar-refractivity contribution in [1.82, 2.24) is 19.5 Å². The number of halogens is 1. The first-order chi connectivity index (χ1) is 15.2. The first-order valence-electron chi connectivity index (χ1n) is 10.4. The van der Waals surface area contributed by atoms with Crippen molar-refractivity contribution < 1.29 is 4.74 Å². The van der Waals surface area contributed by atoms with Crippen LogP contribution in [0.2, 0.25) is 0 Å². The van der Waals surface area contributed by atoms with Gasteiger partial charge in [0, 0.05) is 15.7 Å². The van der Waals surface area contributed by atoms with Crippen molar-refractivity contribution in [3.8, 4) is 22.8 Å². The molecule has 0 atom stereocenters. The second kappa shape index (κ2) is 8.47. The van der Waals surface area contributed by atoms with E-state index in [9.17, 15) is 0 Å². The maximum atomic E-state index is 5.84. The van der Waals surface area contributed by atoms with Crippen LogP contribution in [0, 0.1) is 0 Å². The van der Waals surface area contributed by atoms with Crippen molar-refractivity contribution in [3.63, 3.8) is 0 Å². The number of benzene rings is 3. The Balaban J connectivity index is 1.68. The van der Waals surface area contributed by atoms with Crippen LogP contribution in [0.3, 0.4) is 0 Å². The molecule has 2 heterocycles. The third-order valence-electron chi connectivity index (χ3n) is 5.11. The molecule has 154 valence electrons. The Morgan fingerprint density at radius 1 is 0.871 bits per heavy atom. The van der Waals surface area contributed by atoms with Crippen LogP contribution < -0.4 is 4.74 Å². The first kappa shape index (κ1) is 19.7. The van der Waals surface area contributed by atoms with Crippen molar-refractivity contribution >= 4 is 38.3 Å². The Kier molecular flexibility index (Phi) is 5.38. The lowest BCUT2D eigenvalue weighted by Gasteiger charge is -2.11. The predicted octanol–water partition coefficient (Wildman–Crippen LogP) is 6.58. The normalized spacial score (nSPS) is 11.3. The number of imidazole rings is 1. The summed E-state index contributed by atoms with van der Waals surface area (Å²) < 4.78 is 8.89. The van der Waals surface area contributed by atoms with Gasteiger partial charge >= 0.3 is 0 Å². The summed E-state index contributed by atoms with van der Waals surface area (Å²) in [5.74, 6) is 1.66. The summed E-state index contributed by atoms with van der Waals surface area (Å²) in [6, 6.07) is 24.1. The molecule has 0 saturated heterocycles. The summed E-state index contributed by atoms with van der Waals surface area (Å²) in [6.45, 7) is 2.88. The van der Waals surface area contributed by atoms with Crippen molar-refractivity contribution in [2.45, 2.75) is 19.8 Å². The van der Waals surface area contributed by atoms with Gasteiger partial charge in [0.1, 0.15) is 11.6 Å². The Morgan fingerprint density at radius 2 is 1.65 bits per heavy atom. The molecule has 6 heteroatoms. The molecule has 0 radical (unpaired) electrons. The smallest absolute Gasteiger partial charge is 0.199 e. The fraction of sp³-hybridized carbons (Fsp3) is 0.160. The molecule has 0 spiro atoms. The van der Waals surface area contributed by atoms with Crippen LogP contribution in [0.15, 0.2) is 77.3 Å². The average molecular weight is 473 g/mol. The van der Waals surface area contributed by atoms with Crippen molar-refractivity contribution in [1.29, 1.82) is 0 Å². The molecule has 0 saturated carbocycles. The molecule has 0 aliphatic heterocycles. The molecule has 0 fully saturated rings. The molecule has 5 nitrogen and oxygen atoms in total. The van der Waals surface area contributed by atoms with E-state index in [2.05, 4.69) is 33.5 Å². The van der Waals surface area contributed by atoms with Crippen molar-refractivity contribution in [3.05, 3.63) is 77.3 Å². The molecule has 0 amide bonds. The fourth-order valence-corrected chi connectivity index (χ4v) is 3.95. The molecule has 3 aromatic carbocycles. The third kappa shape index (κ3) is 3.91. The third-order valence-corrected chi connectivity index (χ3v) is 5.61. The molecule has 2 aromatic heterocycles. The van der Waals surface area contributed by atoms with Gasteiger partial charge in [0.25, 0.3) is 0 Å². The molecule has 5 aromatic rings. The largest absolute Gasteiger partial charge is 0.494 e. The molecule has 0 N–H and O–H groups in total. The number of nitrogens with zero attached hydrogens (tertiary/aromatic N) is 4. The first-order valence-corrected chi connectivity index (χ1v) is 11.2. The van der Waals surface area contributed by atoms with Crippen LogP contribution in [0.25, 0.3) is 39.4 Å². The van der Waals surface area contributed by atoms with Crippen LogP contribution in [-0.4, -0.2) is 26.1 Å². The van der Waals surface area contributed by atoms with E-state index >= 15 is 0 Å². The highest BCUT2D eigenvalue weighted by Crippen LogP contribution is 2.30. The Morgan fingerprint density at radius 3 is 2.39 bits per heavy atom. The van der Waals surface area contributed by atoms with Crippen LogP contribution in [0.1, 0.15) is 19.8 Å². The zero-order valence-electron chi connectivity index (χ0n) is 17.1. The molecule has 0 unspecified atom stereocenters. The second-order valence-electron chi connectivity index (χ2n) is 7.34. The maximum absolute atomic E-state index is 5.84. The van der Waals surface area contributed by atoms with Crippen molar-refractivity contribution in [2.24, 2.45) is 0 Å². The highest BCUT2D eigenvalue weighted by atomic mass is 79.9. The van der Waals surface area contributed by atoms with Gasteiger partial charge in [-0.15, -0.1) is 0 Å². The number of hydrogen-bond acceptors (Lipinski definition) is 4. The maximum Gasteiger partial charge on any atom is 0.199 e. The molecule has 0 bridgehead atoms. The number of rotatable bonds is 6. The quantitative estimate of drug-likeness (QED) is 0.262. The SMILES string of the molecule is CCCCOc1ccc(-n2c(-c3cccc(Br)c3)nc3nc4ccccc4nc32)cc1. The van der Waals surface area contributed by atoms with Gasteiger partial charge in [-0.05, 0) is 55.0 Å². The average Bonchev–Trinajstić information content (AvgIpc) is 3.16. The van der Waals surface area contributed by atoms with Crippen LogP contribution >= 0.6 is 15.9 Å². The highest BCUT2D eigenvalue weighted by Gasteiger charge is 2.18. The lowest BCUT2D eigenvalue weighted by molar-refractivity contribution is 0.309. The number of fused-ring (bicyclic) bond motifs is 2. The van der Waals surface area contributed by atoms with E-state index in [4.69, 9.17) is 19.7 Å². The summed E-state index contributed by atoms with van der Waals surface area (Å²) in [6.07, 6.45) is 2.16. The van der Waals surface area contributed by atoms with Gasteiger partial charge in [-0.2, -0.15) is 0 Å². The summed E-state index contributed by atoms with van der Waals surface area (Å²) in [7, 11) is 0. The minimum absolute atomic E-state index is 0.622. The monoisotopic (exact) mass is 472 g/mol. The number of unbranched alkanes of at least 4 members (excludes halogenated alkanes) is 1. The molecule has 31 heavy (non-hydrogen) atoms. The lowest BCUT2D eigenvalue weighted by atomic mass is 10.2. The van der Waals surface area contributed by atoms with E-state index in [0.29, 0.717) is 5.65 Å². The van der Waals surface area contributed by atoms with Crippen LogP contribution in [-0.2, 0) is 0 Å². The molecule has 0 aliphatic rings. The summed E-state index contributed by atoms with van der Waals surface area (Å²) in [5, 5.41) is 0. The Labute approximate surface area is 188 Å². The van der Waals surface area contributed by atoms with E-state index in [1.54, 1.807) is 0 Å². The topological polar surface area (TPSA) is 52.8 Å². The van der Waals surface area contributed by atoms with E-state index in [0.717, 1.165) is 63.4 Å². The molecular weight excluding hydrogens is 452 g/mol. The van der Waals surface area contributed by atoms with Crippen LogP contribution in [0.5, 0.6) is 5.75 Å².